The van der Waals surface area contributed by atoms with Gasteiger partial charge in [0.05, 0.1) is 43.9 Å². The Labute approximate surface area is 224 Å². The fourth-order valence-electron chi connectivity index (χ4n) is 5.60. The predicted molar refractivity (Wildman–Crippen MR) is 142 cm³/mol. The molecule has 4 N–H and O–H groups in total. The highest BCUT2D eigenvalue weighted by Gasteiger charge is 2.44. The highest BCUT2D eigenvalue weighted by Crippen LogP contribution is 2.33. The van der Waals surface area contributed by atoms with Gasteiger partial charge >= 0.3 is 6.09 Å². The van der Waals surface area contributed by atoms with Gasteiger partial charge in [-0.05, 0) is 48.9 Å². The second-order valence-electron chi connectivity index (χ2n) is 10.6. The van der Waals surface area contributed by atoms with Gasteiger partial charge in [0, 0.05) is 12.2 Å². The highest BCUT2D eigenvalue weighted by atomic mass is 16.7. The second-order valence-corrected chi connectivity index (χ2v) is 10.6. The number of hydrogen-bond donors (Lipinski definition) is 3. The van der Waals surface area contributed by atoms with Gasteiger partial charge in [0.25, 0.3) is 0 Å². The Morgan fingerprint density at radius 3 is 2.66 bits per heavy atom. The number of hydroxylamine groups is 2. The molecule has 5 rings (SSSR count). The number of carbonyl (C=O) groups excluding carboxylic acids is 1. The van der Waals surface area contributed by atoms with Crippen molar-refractivity contribution in [3.05, 3.63) is 65.7 Å². The number of aliphatic hydroxyl groups is 1. The molecule has 1 amide bonds. The number of benzene rings is 2. The number of aliphatic hydroxyl groups excluding tert-OH is 1. The monoisotopic (exact) mass is 525 g/mol. The van der Waals surface area contributed by atoms with Crippen molar-refractivity contribution in [2.45, 2.75) is 75.7 Å². The molecule has 9 nitrogen and oxygen atoms in total. The van der Waals surface area contributed by atoms with Crippen LogP contribution in [-0.4, -0.2) is 66.7 Å². The minimum absolute atomic E-state index is 0.0480. The lowest BCUT2D eigenvalue weighted by Crippen LogP contribution is -2.50. The summed E-state index contributed by atoms with van der Waals surface area (Å²) in [4.78, 5) is 19.3. The molecule has 38 heavy (non-hydrogen) atoms. The van der Waals surface area contributed by atoms with Crippen LogP contribution in [0.3, 0.4) is 0 Å². The van der Waals surface area contributed by atoms with Crippen LogP contribution in [0.5, 0.6) is 0 Å². The van der Waals surface area contributed by atoms with Crippen molar-refractivity contribution >= 4 is 11.8 Å². The van der Waals surface area contributed by atoms with Crippen molar-refractivity contribution in [3.63, 3.8) is 0 Å². The molecule has 2 aromatic carbocycles. The Hall–Kier alpha value is -2.69. The molecule has 206 valence electrons. The van der Waals surface area contributed by atoms with Gasteiger partial charge in [0.2, 0.25) is 0 Å². The largest absolute Gasteiger partial charge is 0.443 e. The zero-order chi connectivity index (χ0) is 26.3. The number of alkyl carbamates (subject to hydrolysis) is 1. The Morgan fingerprint density at radius 1 is 1.08 bits per heavy atom. The molecule has 0 bridgehead atoms. The fraction of sp³-hybridized carbons (Fsp3) is 0.552. The van der Waals surface area contributed by atoms with Crippen molar-refractivity contribution in [1.82, 2.24) is 10.4 Å². The van der Waals surface area contributed by atoms with Crippen LogP contribution in [0.1, 0.15) is 43.2 Å². The SMILES string of the molecule is Nc1cccc(CN(C[C@@H](O)[C@H](Cc2ccccc2)NC(=O)O[C@@H]2CO[C@@H]3OCC[C@@H]32)OC2CCCC2)c1. The molecule has 0 unspecified atom stereocenters. The van der Waals surface area contributed by atoms with Crippen molar-refractivity contribution in [2.24, 2.45) is 5.92 Å². The van der Waals surface area contributed by atoms with Crippen molar-refractivity contribution in [3.8, 4) is 0 Å². The first-order chi connectivity index (χ1) is 18.5. The van der Waals surface area contributed by atoms with Gasteiger partial charge in [-0.15, -0.1) is 0 Å². The number of amides is 1. The molecule has 0 spiro atoms. The van der Waals surface area contributed by atoms with Crippen LogP contribution < -0.4 is 11.1 Å². The van der Waals surface area contributed by atoms with E-state index < -0.39 is 18.2 Å². The van der Waals surface area contributed by atoms with Crippen LogP contribution in [0.4, 0.5) is 10.5 Å². The van der Waals surface area contributed by atoms with Gasteiger partial charge in [0.15, 0.2) is 6.29 Å². The Balaban J connectivity index is 1.27. The van der Waals surface area contributed by atoms with E-state index in [1.165, 1.54) is 0 Å². The first kappa shape index (κ1) is 26.9. The molecule has 2 aromatic rings. The summed E-state index contributed by atoms with van der Waals surface area (Å²) in [5, 5.41) is 16.2. The van der Waals surface area contributed by atoms with E-state index in [1.807, 2.05) is 59.7 Å². The minimum atomic E-state index is -0.910. The standard InChI is InChI=1S/C29H39N3O6/c30-22-10-6-9-21(15-22)17-32(38-23-11-4-5-12-23)18-26(33)25(16-20-7-2-1-3-8-20)31-29(34)37-27-19-36-28-24(27)13-14-35-28/h1-3,6-10,15,23-28,33H,4-5,11-14,16-19,30H2,(H,31,34)/t24-,25+,26-,27-,28+/m1/s1. The number of rotatable bonds is 11. The summed E-state index contributed by atoms with van der Waals surface area (Å²) in [7, 11) is 0. The number of fused-ring (bicyclic) bond motifs is 1. The Kier molecular flexibility index (Phi) is 9.14. The Bertz CT molecular complexity index is 1030. The highest BCUT2D eigenvalue weighted by molar-refractivity contribution is 5.68. The topological polar surface area (TPSA) is 116 Å². The van der Waals surface area contributed by atoms with E-state index in [0.717, 1.165) is 43.2 Å². The second kappa shape index (κ2) is 12.9. The summed E-state index contributed by atoms with van der Waals surface area (Å²) in [6, 6.07) is 16.9. The van der Waals surface area contributed by atoms with Gasteiger partial charge < -0.3 is 30.4 Å². The average Bonchev–Trinajstić information content (AvgIpc) is 3.65. The summed E-state index contributed by atoms with van der Waals surface area (Å²) < 4.78 is 16.9. The van der Waals surface area contributed by atoms with E-state index in [2.05, 4.69) is 5.32 Å². The van der Waals surface area contributed by atoms with E-state index in [0.29, 0.717) is 31.9 Å². The van der Waals surface area contributed by atoms with Crippen molar-refractivity contribution in [1.29, 1.82) is 0 Å². The van der Waals surface area contributed by atoms with Gasteiger partial charge in [-0.1, -0.05) is 55.3 Å². The number of nitrogens with one attached hydrogen (secondary N) is 1. The van der Waals surface area contributed by atoms with Gasteiger partial charge in [0.1, 0.15) is 6.10 Å². The summed E-state index contributed by atoms with van der Waals surface area (Å²) in [5.41, 5.74) is 8.68. The fourth-order valence-corrected chi connectivity index (χ4v) is 5.60. The van der Waals surface area contributed by atoms with Crippen LogP contribution in [0.25, 0.3) is 0 Å². The summed E-state index contributed by atoms with van der Waals surface area (Å²) in [6.07, 6.45) is 3.51. The molecule has 0 aromatic heterocycles. The predicted octanol–water partition coefficient (Wildman–Crippen LogP) is 3.40. The van der Waals surface area contributed by atoms with Crippen LogP contribution in [0, 0.1) is 5.92 Å². The average molecular weight is 526 g/mol. The normalized spacial score (nSPS) is 24.8. The summed E-state index contributed by atoms with van der Waals surface area (Å²) in [6.45, 7) is 1.62. The number of ether oxygens (including phenoxy) is 3. The lowest BCUT2D eigenvalue weighted by Gasteiger charge is -2.31. The van der Waals surface area contributed by atoms with E-state index in [1.54, 1.807) is 0 Å². The van der Waals surface area contributed by atoms with Crippen molar-refractivity contribution in [2.75, 3.05) is 25.5 Å². The minimum Gasteiger partial charge on any atom is -0.443 e. The van der Waals surface area contributed by atoms with Crippen LogP contribution in [-0.2, 0) is 32.0 Å². The smallest absolute Gasteiger partial charge is 0.407 e. The number of carbonyl (C=O) groups is 1. The zero-order valence-electron chi connectivity index (χ0n) is 21.7. The van der Waals surface area contributed by atoms with Crippen LogP contribution in [0.2, 0.25) is 0 Å². The molecular weight excluding hydrogens is 486 g/mol. The molecule has 1 aliphatic carbocycles. The molecule has 3 aliphatic rings. The first-order valence-electron chi connectivity index (χ1n) is 13.7. The maximum Gasteiger partial charge on any atom is 0.407 e. The maximum atomic E-state index is 13.0. The Morgan fingerprint density at radius 2 is 1.87 bits per heavy atom. The lowest BCUT2D eigenvalue weighted by molar-refractivity contribution is -0.214. The molecule has 2 aliphatic heterocycles. The first-order valence-corrected chi connectivity index (χ1v) is 13.7. The van der Waals surface area contributed by atoms with Gasteiger partial charge in [-0.2, -0.15) is 5.06 Å². The maximum absolute atomic E-state index is 13.0. The molecule has 5 atom stereocenters. The van der Waals surface area contributed by atoms with Crippen LogP contribution in [0.15, 0.2) is 54.6 Å². The number of hydrogen-bond acceptors (Lipinski definition) is 8. The number of nitrogens with two attached hydrogens (primary N) is 1. The number of nitrogen functional groups attached to an aromatic ring is 1. The van der Waals surface area contributed by atoms with E-state index >= 15 is 0 Å². The molecule has 0 radical (unpaired) electrons. The van der Waals surface area contributed by atoms with Crippen molar-refractivity contribution < 1.29 is 28.9 Å². The third-order valence-electron chi connectivity index (χ3n) is 7.61. The summed E-state index contributed by atoms with van der Waals surface area (Å²) in [5.74, 6) is 0.0480. The van der Waals surface area contributed by atoms with E-state index in [4.69, 9.17) is 24.8 Å². The molecule has 1 saturated carbocycles. The number of anilines is 1. The third-order valence-corrected chi connectivity index (χ3v) is 7.61. The molecule has 3 fully saturated rings. The quantitative estimate of drug-likeness (QED) is 0.302. The van der Waals surface area contributed by atoms with Gasteiger partial charge in [-0.3, -0.25) is 4.84 Å². The van der Waals surface area contributed by atoms with Gasteiger partial charge in [-0.25, -0.2) is 4.79 Å². The molecule has 2 heterocycles. The molecule has 9 heteroatoms. The molecular formula is C29H39N3O6. The molecule has 2 saturated heterocycles. The van der Waals surface area contributed by atoms with E-state index in [-0.39, 0.29) is 31.0 Å². The third kappa shape index (κ3) is 7.24. The number of nitrogens with zero attached hydrogens (tertiary/aromatic N) is 1. The van der Waals surface area contributed by atoms with E-state index in [9.17, 15) is 9.90 Å². The summed E-state index contributed by atoms with van der Waals surface area (Å²) >= 11 is 0. The lowest BCUT2D eigenvalue weighted by atomic mass is 10.0. The van der Waals surface area contributed by atoms with Crippen LogP contribution >= 0.6 is 0 Å². The zero-order valence-corrected chi connectivity index (χ0v) is 21.7.